The van der Waals surface area contributed by atoms with E-state index in [-0.39, 0.29) is 11.8 Å². The molecule has 0 aromatic heterocycles. The van der Waals surface area contributed by atoms with Crippen molar-refractivity contribution in [2.45, 2.75) is 25.7 Å². The number of hydrogen-bond acceptors (Lipinski definition) is 2. The molecule has 98 valence electrons. The van der Waals surface area contributed by atoms with Gasteiger partial charge < -0.3 is 10.6 Å². The third-order valence-corrected chi connectivity index (χ3v) is 3.89. The first-order valence-electron chi connectivity index (χ1n) is 6.78. The molecule has 1 aromatic rings. The molecule has 0 bridgehead atoms. The molecular weight excluding hydrogens is 222 g/mol. The molecule has 18 heavy (non-hydrogen) atoms. The molecule has 3 heteroatoms. The number of nitrogens with two attached hydrogens (primary N) is 1. The van der Waals surface area contributed by atoms with Crippen LogP contribution in [0.2, 0.25) is 0 Å². The van der Waals surface area contributed by atoms with Gasteiger partial charge >= 0.3 is 0 Å². The molecule has 0 spiro atoms. The van der Waals surface area contributed by atoms with Gasteiger partial charge in [-0.1, -0.05) is 37.3 Å². The Bertz CT molecular complexity index is 380. The van der Waals surface area contributed by atoms with E-state index in [4.69, 9.17) is 11.1 Å². The van der Waals surface area contributed by atoms with Gasteiger partial charge in [0.05, 0.1) is 11.8 Å². The van der Waals surface area contributed by atoms with Crippen LogP contribution in [0.25, 0.3) is 0 Å². The lowest BCUT2D eigenvalue weighted by Gasteiger charge is -2.32. The second-order valence-electron chi connectivity index (χ2n) is 5.40. The number of likely N-dealkylation sites (tertiary alicyclic amines) is 1. The molecule has 1 heterocycles. The number of piperidine rings is 1. The molecule has 3 nitrogen and oxygen atoms in total. The van der Waals surface area contributed by atoms with Crippen molar-refractivity contribution in [3.63, 3.8) is 0 Å². The van der Waals surface area contributed by atoms with Gasteiger partial charge in [-0.05, 0) is 37.4 Å². The molecular formula is C15H23N3. The van der Waals surface area contributed by atoms with E-state index in [0.29, 0.717) is 0 Å². The SMILES string of the molecule is CC1CCN(CC(C(=N)N)c2ccccc2)CC1. The Balaban J connectivity index is 2.01. The van der Waals surface area contributed by atoms with E-state index < -0.39 is 0 Å². The fraction of sp³-hybridized carbons (Fsp3) is 0.533. The lowest BCUT2D eigenvalue weighted by Crippen LogP contribution is -2.39. The fourth-order valence-electron chi connectivity index (χ4n) is 2.57. The van der Waals surface area contributed by atoms with Gasteiger partial charge in [-0.3, -0.25) is 5.41 Å². The molecule has 1 aliphatic heterocycles. The smallest absolute Gasteiger partial charge is 0.0995 e. The summed E-state index contributed by atoms with van der Waals surface area (Å²) in [4.78, 5) is 2.44. The monoisotopic (exact) mass is 245 g/mol. The summed E-state index contributed by atoms with van der Waals surface area (Å²) >= 11 is 0. The summed E-state index contributed by atoms with van der Waals surface area (Å²) < 4.78 is 0. The molecule has 2 rings (SSSR count). The van der Waals surface area contributed by atoms with E-state index in [1.807, 2.05) is 18.2 Å². The molecule has 1 aliphatic rings. The van der Waals surface area contributed by atoms with Crippen LogP contribution in [0.3, 0.4) is 0 Å². The molecule has 1 aromatic carbocycles. The first kappa shape index (κ1) is 13.1. The fourth-order valence-corrected chi connectivity index (χ4v) is 2.57. The zero-order chi connectivity index (χ0) is 13.0. The van der Waals surface area contributed by atoms with Crippen LogP contribution in [0, 0.1) is 11.3 Å². The van der Waals surface area contributed by atoms with E-state index in [9.17, 15) is 0 Å². The van der Waals surface area contributed by atoms with Crippen LogP contribution in [-0.2, 0) is 0 Å². The minimum atomic E-state index is 0.0413. The minimum Gasteiger partial charge on any atom is -0.387 e. The summed E-state index contributed by atoms with van der Waals surface area (Å²) in [7, 11) is 0. The van der Waals surface area contributed by atoms with Gasteiger partial charge in [-0.15, -0.1) is 0 Å². The number of benzene rings is 1. The van der Waals surface area contributed by atoms with E-state index in [0.717, 1.165) is 31.1 Å². The van der Waals surface area contributed by atoms with Crippen LogP contribution in [0.5, 0.6) is 0 Å². The third-order valence-electron chi connectivity index (χ3n) is 3.89. The number of nitrogens with one attached hydrogen (secondary N) is 1. The van der Waals surface area contributed by atoms with Crippen molar-refractivity contribution >= 4 is 5.84 Å². The zero-order valence-corrected chi connectivity index (χ0v) is 11.1. The number of rotatable bonds is 4. The maximum atomic E-state index is 7.80. The van der Waals surface area contributed by atoms with E-state index in [2.05, 4.69) is 24.0 Å². The second kappa shape index (κ2) is 6.01. The van der Waals surface area contributed by atoms with Crippen molar-refractivity contribution in [3.8, 4) is 0 Å². The highest BCUT2D eigenvalue weighted by Gasteiger charge is 2.22. The van der Waals surface area contributed by atoms with Gasteiger partial charge in [0.2, 0.25) is 0 Å². The molecule has 0 saturated carbocycles. The van der Waals surface area contributed by atoms with Crippen LogP contribution < -0.4 is 5.73 Å². The van der Waals surface area contributed by atoms with Crippen molar-refractivity contribution in [2.75, 3.05) is 19.6 Å². The summed E-state index contributed by atoms with van der Waals surface area (Å²) in [5, 5.41) is 7.80. The van der Waals surface area contributed by atoms with Gasteiger partial charge in [0.25, 0.3) is 0 Å². The van der Waals surface area contributed by atoms with Crippen LogP contribution in [0.4, 0.5) is 0 Å². The number of hydrogen-bond donors (Lipinski definition) is 2. The highest BCUT2D eigenvalue weighted by atomic mass is 15.1. The quantitative estimate of drug-likeness (QED) is 0.632. The zero-order valence-electron chi connectivity index (χ0n) is 11.1. The Morgan fingerprint density at radius 3 is 2.50 bits per heavy atom. The topological polar surface area (TPSA) is 53.1 Å². The molecule has 0 amide bonds. The predicted molar refractivity (Wildman–Crippen MR) is 75.9 cm³/mol. The summed E-state index contributed by atoms with van der Waals surface area (Å²) in [5.74, 6) is 1.16. The first-order valence-corrected chi connectivity index (χ1v) is 6.78. The Morgan fingerprint density at radius 2 is 1.94 bits per heavy atom. The van der Waals surface area contributed by atoms with E-state index >= 15 is 0 Å². The van der Waals surface area contributed by atoms with Gasteiger partial charge in [-0.25, -0.2) is 0 Å². The number of amidine groups is 1. The van der Waals surface area contributed by atoms with Gasteiger partial charge in [0.15, 0.2) is 0 Å². The van der Waals surface area contributed by atoms with Crippen molar-refractivity contribution in [1.29, 1.82) is 5.41 Å². The molecule has 1 unspecified atom stereocenters. The van der Waals surface area contributed by atoms with Crippen LogP contribution >= 0.6 is 0 Å². The Hall–Kier alpha value is -1.35. The lowest BCUT2D eigenvalue weighted by atomic mass is 9.94. The van der Waals surface area contributed by atoms with Crippen molar-refractivity contribution in [2.24, 2.45) is 11.7 Å². The second-order valence-corrected chi connectivity index (χ2v) is 5.40. The van der Waals surface area contributed by atoms with Crippen LogP contribution in [-0.4, -0.2) is 30.4 Å². The first-order chi connectivity index (χ1) is 8.66. The Morgan fingerprint density at radius 1 is 1.33 bits per heavy atom. The summed E-state index contributed by atoms with van der Waals surface area (Å²) in [6.45, 7) is 5.47. The Labute approximate surface area is 109 Å². The van der Waals surface area contributed by atoms with Gasteiger partial charge in [0, 0.05) is 6.54 Å². The molecule has 1 atom stereocenters. The average Bonchev–Trinajstić information content (AvgIpc) is 2.38. The van der Waals surface area contributed by atoms with Crippen molar-refractivity contribution in [3.05, 3.63) is 35.9 Å². The van der Waals surface area contributed by atoms with Gasteiger partial charge in [-0.2, -0.15) is 0 Å². The standard InChI is InChI=1S/C15H23N3/c1-12-7-9-18(10-8-12)11-14(15(16)17)13-5-3-2-4-6-13/h2-6,12,14H,7-11H2,1H3,(H3,16,17). The summed E-state index contributed by atoms with van der Waals surface area (Å²) in [6, 6.07) is 10.2. The molecule has 3 N–H and O–H groups in total. The molecule has 1 fully saturated rings. The highest BCUT2D eigenvalue weighted by Crippen LogP contribution is 2.21. The molecule has 0 radical (unpaired) electrons. The largest absolute Gasteiger partial charge is 0.387 e. The Kier molecular flexibility index (Phi) is 4.37. The van der Waals surface area contributed by atoms with Crippen molar-refractivity contribution < 1.29 is 0 Å². The molecule has 0 aliphatic carbocycles. The normalized spacial score (nSPS) is 19.6. The number of nitrogens with zero attached hydrogens (tertiary/aromatic N) is 1. The maximum Gasteiger partial charge on any atom is 0.0995 e. The van der Waals surface area contributed by atoms with Crippen molar-refractivity contribution in [1.82, 2.24) is 4.90 Å². The van der Waals surface area contributed by atoms with Gasteiger partial charge in [0.1, 0.15) is 0 Å². The minimum absolute atomic E-state index is 0.0413. The average molecular weight is 245 g/mol. The van der Waals surface area contributed by atoms with Crippen LogP contribution in [0.15, 0.2) is 30.3 Å². The summed E-state index contributed by atoms with van der Waals surface area (Å²) in [5.41, 5.74) is 6.93. The van der Waals surface area contributed by atoms with Crippen LogP contribution in [0.1, 0.15) is 31.2 Å². The summed E-state index contributed by atoms with van der Waals surface area (Å²) in [6.07, 6.45) is 2.53. The van der Waals surface area contributed by atoms with E-state index in [1.54, 1.807) is 0 Å². The highest BCUT2D eigenvalue weighted by molar-refractivity contribution is 5.84. The lowest BCUT2D eigenvalue weighted by molar-refractivity contribution is 0.190. The maximum absolute atomic E-state index is 7.80. The van der Waals surface area contributed by atoms with E-state index in [1.165, 1.54) is 12.8 Å². The predicted octanol–water partition coefficient (Wildman–Crippen LogP) is 2.44. The molecule has 1 saturated heterocycles. The third kappa shape index (κ3) is 3.33.